The summed E-state index contributed by atoms with van der Waals surface area (Å²) in [5.74, 6) is -2.49. The number of nitrogens with two attached hydrogens (primary N) is 1. The molecule has 0 aromatic heterocycles. The molecule has 1 rings (SSSR count). The Morgan fingerprint density at radius 2 is 1.70 bits per heavy atom. The van der Waals surface area contributed by atoms with Crippen molar-refractivity contribution in [2.24, 2.45) is 5.73 Å². The van der Waals surface area contributed by atoms with Gasteiger partial charge in [-0.1, -0.05) is 18.2 Å². The van der Waals surface area contributed by atoms with E-state index in [1.165, 1.54) is 4.90 Å². The average Bonchev–Trinajstić information content (AvgIpc) is 2.77. The second-order valence-electron chi connectivity index (χ2n) is 9.59. The van der Waals surface area contributed by atoms with Gasteiger partial charge in [0.25, 0.3) is 0 Å². The summed E-state index contributed by atoms with van der Waals surface area (Å²) < 4.78 is 10.1. The molecular weight excluding hydrogens is 480 g/mol. The van der Waals surface area contributed by atoms with E-state index in [4.69, 9.17) is 15.2 Å². The maximum Gasteiger partial charge on any atom is 0.408 e. The second kappa shape index (κ2) is 14.2. The van der Waals surface area contributed by atoms with Crippen LogP contribution in [0, 0.1) is 13.8 Å². The summed E-state index contributed by atoms with van der Waals surface area (Å²) in [5.41, 5.74) is 6.95. The summed E-state index contributed by atoms with van der Waals surface area (Å²) in [6.45, 7) is 12.4. The Labute approximate surface area is 218 Å². The Hall–Kier alpha value is -3.63. The molecule has 0 saturated carbocycles. The fourth-order valence-electron chi connectivity index (χ4n) is 3.54. The van der Waals surface area contributed by atoms with E-state index in [-0.39, 0.29) is 26.1 Å². The molecule has 1 aromatic rings. The lowest BCUT2D eigenvalue weighted by Gasteiger charge is -2.33. The number of aryl methyl sites for hydroxylation is 2. The van der Waals surface area contributed by atoms with Crippen molar-refractivity contribution >= 4 is 29.8 Å². The van der Waals surface area contributed by atoms with Crippen LogP contribution < -0.4 is 16.4 Å². The van der Waals surface area contributed by atoms with Crippen LogP contribution in [0.3, 0.4) is 0 Å². The van der Waals surface area contributed by atoms with E-state index in [9.17, 15) is 24.0 Å². The first-order valence-electron chi connectivity index (χ1n) is 12.3. The Morgan fingerprint density at radius 3 is 2.22 bits per heavy atom. The number of nitrogens with zero attached hydrogens (tertiary/aromatic N) is 1. The number of rotatable bonds is 12. The maximum atomic E-state index is 13.6. The predicted molar refractivity (Wildman–Crippen MR) is 137 cm³/mol. The number of hydrogen-bond donors (Lipinski definition) is 3. The third-order valence-electron chi connectivity index (χ3n) is 5.36. The summed E-state index contributed by atoms with van der Waals surface area (Å²) >= 11 is 0. The number of esters is 1. The smallest absolute Gasteiger partial charge is 0.408 e. The van der Waals surface area contributed by atoms with Crippen LogP contribution in [0.1, 0.15) is 70.2 Å². The molecule has 2 unspecified atom stereocenters. The third kappa shape index (κ3) is 10.5. The first-order valence-corrected chi connectivity index (χ1v) is 12.3. The summed E-state index contributed by atoms with van der Waals surface area (Å²) in [4.78, 5) is 64.1. The van der Waals surface area contributed by atoms with E-state index in [2.05, 4.69) is 10.6 Å². The van der Waals surface area contributed by atoms with E-state index in [0.29, 0.717) is 5.56 Å². The van der Waals surface area contributed by atoms with Gasteiger partial charge in [-0.15, -0.1) is 0 Å². The zero-order valence-corrected chi connectivity index (χ0v) is 22.8. The average molecular weight is 521 g/mol. The molecule has 0 saturated heterocycles. The molecule has 1 aromatic carbocycles. The Morgan fingerprint density at radius 1 is 1.05 bits per heavy atom. The van der Waals surface area contributed by atoms with E-state index in [0.717, 1.165) is 11.1 Å². The van der Waals surface area contributed by atoms with Gasteiger partial charge in [0.15, 0.2) is 0 Å². The minimum absolute atomic E-state index is 0.00558. The first-order chi connectivity index (χ1) is 17.2. The molecule has 4 N–H and O–H groups in total. The number of hydrogen-bond acceptors (Lipinski definition) is 7. The molecule has 0 heterocycles. The summed E-state index contributed by atoms with van der Waals surface area (Å²) in [5, 5.41) is 5.10. The third-order valence-corrected chi connectivity index (χ3v) is 5.36. The highest BCUT2D eigenvalue weighted by molar-refractivity contribution is 5.94. The number of carbonyl (C=O) groups is 5. The quantitative estimate of drug-likeness (QED) is 0.356. The standard InChI is InChI=1S/C26H40N4O7/c1-8-30(24(34)19(15-20(27)31)29-25(35)37-26(5,6)7)22(18-11-10-16(3)17(4)14-18)23(33)28-13-12-21(32)36-9-2/h10-11,14,19,22H,8-9,12-13,15H2,1-7H3,(H2,27,31)(H,28,33)(H,29,35). The van der Waals surface area contributed by atoms with Gasteiger partial charge in [0, 0.05) is 13.1 Å². The van der Waals surface area contributed by atoms with Crippen LogP contribution in [0.15, 0.2) is 18.2 Å². The minimum atomic E-state index is -1.35. The SMILES string of the molecule is CCOC(=O)CCNC(=O)C(c1ccc(C)c(C)c1)N(CC)C(=O)C(CC(N)=O)NC(=O)OC(C)(C)C. The van der Waals surface area contributed by atoms with Gasteiger partial charge < -0.3 is 30.7 Å². The largest absolute Gasteiger partial charge is 0.466 e. The van der Waals surface area contributed by atoms with Crippen molar-refractivity contribution in [3.8, 4) is 0 Å². The van der Waals surface area contributed by atoms with E-state index in [1.807, 2.05) is 19.9 Å². The molecule has 0 aliphatic heterocycles. The molecule has 0 spiro atoms. The number of primary amides is 1. The van der Waals surface area contributed by atoms with Crippen molar-refractivity contribution in [3.63, 3.8) is 0 Å². The number of likely N-dealkylation sites (N-methyl/N-ethyl adjacent to an activating group) is 1. The van der Waals surface area contributed by atoms with Gasteiger partial charge in [-0.05, 0) is 65.2 Å². The van der Waals surface area contributed by atoms with Gasteiger partial charge in [0.1, 0.15) is 17.7 Å². The summed E-state index contributed by atoms with van der Waals surface area (Å²) in [6.07, 6.45) is -1.42. The lowest BCUT2D eigenvalue weighted by atomic mass is 9.98. The van der Waals surface area contributed by atoms with Gasteiger partial charge in [-0.3, -0.25) is 19.2 Å². The van der Waals surface area contributed by atoms with Crippen LogP contribution in [0.2, 0.25) is 0 Å². The second-order valence-corrected chi connectivity index (χ2v) is 9.59. The van der Waals surface area contributed by atoms with Crippen LogP contribution in [-0.4, -0.2) is 66.0 Å². The molecule has 37 heavy (non-hydrogen) atoms. The van der Waals surface area contributed by atoms with Crippen molar-refractivity contribution in [2.45, 2.75) is 79.0 Å². The lowest BCUT2D eigenvalue weighted by molar-refractivity contribution is -0.144. The van der Waals surface area contributed by atoms with Gasteiger partial charge >= 0.3 is 12.1 Å². The monoisotopic (exact) mass is 520 g/mol. The first kappa shape index (κ1) is 31.4. The number of carbonyl (C=O) groups excluding carboxylic acids is 5. The fourth-order valence-corrected chi connectivity index (χ4v) is 3.54. The molecule has 206 valence electrons. The van der Waals surface area contributed by atoms with Gasteiger partial charge in [0.2, 0.25) is 17.7 Å². The predicted octanol–water partition coefficient (Wildman–Crippen LogP) is 2.03. The Kier molecular flexibility index (Phi) is 12.0. The van der Waals surface area contributed by atoms with Gasteiger partial charge in [-0.25, -0.2) is 4.79 Å². The van der Waals surface area contributed by atoms with Gasteiger partial charge in [-0.2, -0.15) is 0 Å². The normalized spacial score (nSPS) is 12.6. The van der Waals surface area contributed by atoms with E-state index < -0.39 is 53.9 Å². The Balaban J connectivity index is 3.34. The number of nitrogens with one attached hydrogen (secondary N) is 2. The van der Waals surface area contributed by atoms with Crippen LogP contribution in [0.5, 0.6) is 0 Å². The van der Waals surface area contributed by atoms with E-state index in [1.54, 1.807) is 46.8 Å². The van der Waals surface area contributed by atoms with Crippen molar-refractivity contribution in [3.05, 3.63) is 34.9 Å². The molecular formula is C26H40N4O7. The number of amides is 4. The van der Waals surface area contributed by atoms with Crippen LogP contribution in [0.25, 0.3) is 0 Å². The zero-order valence-electron chi connectivity index (χ0n) is 22.8. The highest BCUT2D eigenvalue weighted by atomic mass is 16.6. The fraction of sp³-hybridized carbons (Fsp3) is 0.577. The molecule has 11 nitrogen and oxygen atoms in total. The topological polar surface area (TPSA) is 157 Å². The van der Waals surface area contributed by atoms with Crippen molar-refractivity contribution in [1.29, 1.82) is 0 Å². The summed E-state index contributed by atoms with van der Waals surface area (Å²) in [7, 11) is 0. The van der Waals surface area contributed by atoms with Crippen LogP contribution in [-0.2, 0) is 28.7 Å². The number of benzene rings is 1. The molecule has 0 aliphatic rings. The highest BCUT2D eigenvalue weighted by Crippen LogP contribution is 2.25. The zero-order chi connectivity index (χ0) is 28.3. The molecule has 0 bridgehead atoms. The maximum absolute atomic E-state index is 13.6. The molecule has 0 fully saturated rings. The van der Waals surface area contributed by atoms with Crippen molar-refractivity contribution in [2.75, 3.05) is 19.7 Å². The van der Waals surface area contributed by atoms with Crippen LogP contribution >= 0.6 is 0 Å². The molecule has 4 amide bonds. The Bertz CT molecular complexity index is 988. The number of ether oxygens (including phenoxy) is 2. The van der Waals surface area contributed by atoms with E-state index >= 15 is 0 Å². The molecule has 0 aliphatic carbocycles. The van der Waals surface area contributed by atoms with Crippen molar-refractivity contribution in [1.82, 2.24) is 15.5 Å². The summed E-state index contributed by atoms with van der Waals surface area (Å²) in [6, 6.07) is 2.91. The number of alkyl carbamates (subject to hydrolysis) is 1. The highest BCUT2D eigenvalue weighted by Gasteiger charge is 2.36. The van der Waals surface area contributed by atoms with Crippen molar-refractivity contribution < 1.29 is 33.4 Å². The van der Waals surface area contributed by atoms with Crippen LogP contribution in [0.4, 0.5) is 4.79 Å². The molecule has 0 radical (unpaired) electrons. The molecule has 11 heteroatoms. The van der Waals surface area contributed by atoms with Gasteiger partial charge in [0.05, 0.1) is 19.4 Å². The molecule has 2 atom stereocenters. The minimum Gasteiger partial charge on any atom is -0.466 e. The lowest BCUT2D eigenvalue weighted by Crippen LogP contribution is -2.54.